The van der Waals surface area contributed by atoms with Crippen LogP contribution >= 0.6 is 11.3 Å². The standard InChI is InChI=1S/C13H11N3O2S/c1-7(10-6-19-13(14)15-10)16-11(17)8-4-2-3-5-9(8)12(16)18/h2-7H,1H3,(H2,14,15)/t7-/m1/s1. The van der Waals surface area contributed by atoms with Gasteiger partial charge in [0.05, 0.1) is 22.9 Å². The van der Waals surface area contributed by atoms with Gasteiger partial charge in [-0.1, -0.05) is 12.1 Å². The summed E-state index contributed by atoms with van der Waals surface area (Å²) in [6.45, 7) is 1.77. The van der Waals surface area contributed by atoms with E-state index in [0.717, 1.165) is 0 Å². The highest BCUT2D eigenvalue weighted by atomic mass is 32.1. The number of carbonyl (C=O) groups excluding carboxylic acids is 2. The summed E-state index contributed by atoms with van der Waals surface area (Å²) in [6.07, 6.45) is 0. The molecule has 2 N–H and O–H groups in total. The summed E-state index contributed by atoms with van der Waals surface area (Å²) in [6, 6.07) is 6.41. The molecule has 0 unspecified atom stereocenters. The Morgan fingerprint density at radius 1 is 1.21 bits per heavy atom. The summed E-state index contributed by atoms with van der Waals surface area (Å²) in [4.78, 5) is 29.9. The van der Waals surface area contributed by atoms with Crippen molar-refractivity contribution in [3.05, 3.63) is 46.5 Å². The zero-order chi connectivity index (χ0) is 13.6. The van der Waals surface area contributed by atoms with Crippen molar-refractivity contribution < 1.29 is 9.59 Å². The Balaban J connectivity index is 2.00. The first-order chi connectivity index (χ1) is 9.09. The molecule has 2 heterocycles. The molecular weight excluding hydrogens is 262 g/mol. The fraction of sp³-hybridized carbons (Fsp3) is 0.154. The number of thiazole rings is 1. The van der Waals surface area contributed by atoms with Gasteiger partial charge in [-0.3, -0.25) is 14.5 Å². The fourth-order valence-corrected chi connectivity index (χ4v) is 2.83. The molecule has 1 atom stereocenters. The van der Waals surface area contributed by atoms with E-state index in [1.807, 2.05) is 0 Å². The highest BCUT2D eigenvalue weighted by Crippen LogP contribution is 2.31. The third-order valence-electron chi connectivity index (χ3n) is 3.18. The third-order valence-corrected chi connectivity index (χ3v) is 3.87. The molecule has 2 amide bonds. The molecule has 19 heavy (non-hydrogen) atoms. The van der Waals surface area contributed by atoms with Crippen LogP contribution < -0.4 is 5.73 Å². The molecule has 1 aromatic carbocycles. The van der Waals surface area contributed by atoms with Gasteiger partial charge in [-0.05, 0) is 19.1 Å². The largest absolute Gasteiger partial charge is 0.375 e. The Hall–Kier alpha value is -2.21. The summed E-state index contributed by atoms with van der Waals surface area (Å²) in [5.41, 5.74) is 7.12. The monoisotopic (exact) mass is 273 g/mol. The molecule has 1 aromatic heterocycles. The molecule has 0 radical (unpaired) electrons. The molecule has 3 rings (SSSR count). The average molecular weight is 273 g/mol. The van der Waals surface area contributed by atoms with Gasteiger partial charge in [0.2, 0.25) is 0 Å². The lowest BCUT2D eigenvalue weighted by atomic mass is 10.1. The quantitative estimate of drug-likeness (QED) is 0.850. The molecule has 96 valence electrons. The van der Waals surface area contributed by atoms with E-state index in [9.17, 15) is 9.59 Å². The third kappa shape index (κ3) is 1.72. The van der Waals surface area contributed by atoms with Gasteiger partial charge in [0.1, 0.15) is 0 Å². The van der Waals surface area contributed by atoms with Crippen molar-refractivity contribution in [1.82, 2.24) is 9.88 Å². The molecule has 0 fully saturated rings. The summed E-state index contributed by atoms with van der Waals surface area (Å²) in [7, 11) is 0. The number of nitrogens with two attached hydrogens (primary N) is 1. The first-order valence-corrected chi connectivity index (χ1v) is 6.65. The van der Waals surface area contributed by atoms with E-state index in [4.69, 9.17) is 5.73 Å². The molecule has 1 aliphatic rings. The molecule has 6 heteroatoms. The van der Waals surface area contributed by atoms with Crippen LogP contribution in [0.2, 0.25) is 0 Å². The first-order valence-electron chi connectivity index (χ1n) is 5.77. The topological polar surface area (TPSA) is 76.3 Å². The Kier molecular flexibility index (Phi) is 2.60. The Bertz CT molecular complexity index is 645. The van der Waals surface area contributed by atoms with Crippen molar-refractivity contribution in [3.8, 4) is 0 Å². The Labute approximate surface area is 113 Å². The van der Waals surface area contributed by atoms with Crippen LogP contribution in [0.1, 0.15) is 39.4 Å². The summed E-state index contributed by atoms with van der Waals surface area (Å²) in [5.74, 6) is -0.556. The zero-order valence-corrected chi connectivity index (χ0v) is 11.0. The van der Waals surface area contributed by atoms with Gasteiger partial charge in [-0.15, -0.1) is 11.3 Å². The molecule has 1 aliphatic heterocycles. The lowest BCUT2D eigenvalue weighted by Gasteiger charge is -2.20. The molecule has 0 saturated heterocycles. The number of imide groups is 1. The van der Waals surface area contributed by atoms with Gasteiger partial charge >= 0.3 is 0 Å². The number of anilines is 1. The van der Waals surface area contributed by atoms with Crippen LogP contribution in [-0.2, 0) is 0 Å². The predicted octanol–water partition coefficient (Wildman–Crippen LogP) is 2.08. The van der Waals surface area contributed by atoms with Crippen LogP contribution in [0.4, 0.5) is 5.13 Å². The number of nitrogen functional groups attached to an aromatic ring is 1. The van der Waals surface area contributed by atoms with Crippen molar-refractivity contribution in [2.75, 3.05) is 5.73 Å². The molecule has 5 nitrogen and oxygen atoms in total. The summed E-state index contributed by atoms with van der Waals surface area (Å²) in [5, 5.41) is 2.20. The van der Waals surface area contributed by atoms with Gasteiger partial charge < -0.3 is 5.73 Å². The molecule has 2 aromatic rings. The van der Waals surface area contributed by atoms with Crippen molar-refractivity contribution in [3.63, 3.8) is 0 Å². The van der Waals surface area contributed by atoms with Crippen molar-refractivity contribution in [2.24, 2.45) is 0 Å². The Morgan fingerprint density at radius 3 is 2.26 bits per heavy atom. The van der Waals surface area contributed by atoms with Gasteiger partial charge in [-0.2, -0.15) is 0 Å². The number of aromatic nitrogens is 1. The van der Waals surface area contributed by atoms with Gasteiger partial charge in [0.25, 0.3) is 11.8 Å². The number of fused-ring (bicyclic) bond motifs is 1. The maximum absolute atomic E-state index is 12.3. The van der Waals surface area contributed by atoms with Crippen LogP contribution in [-0.4, -0.2) is 21.7 Å². The predicted molar refractivity (Wildman–Crippen MR) is 71.9 cm³/mol. The van der Waals surface area contributed by atoms with E-state index >= 15 is 0 Å². The first kappa shape index (κ1) is 11.9. The number of benzene rings is 1. The van der Waals surface area contributed by atoms with E-state index in [-0.39, 0.29) is 11.8 Å². The van der Waals surface area contributed by atoms with Gasteiger partial charge in [-0.25, -0.2) is 4.98 Å². The highest BCUT2D eigenvalue weighted by molar-refractivity contribution is 7.13. The lowest BCUT2D eigenvalue weighted by molar-refractivity contribution is 0.0592. The van der Waals surface area contributed by atoms with Crippen molar-refractivity contribution in [1.29, 1.82) is 0 Å². The Morgan fingerprint density at radius 2 is 1.79 bits per heavy atom. The van der Waals surface area contributed by atoms with Crippen LogP contribution in [0.3, 0.4) is 0 Å². The zero-order valence-electron chi connectivity index (χ0n) is 10.2. The van der Waals surface area contributed by atoms with Crippen LogP contribution in [0.25, 0.3) is 0 Å². The normalized spacial score (nSPS) is 15.7. The van der Waals surface area contributed by atoms with Crippen LogP contribution in [0.15, 0.2) is 29.6 Å². The molecule has 0 aliphatic carbocycles. The van der Waals surface area contributed by atoms with Crippen LogP contribution in [0, 0.1) is 0 Å². The second kappa shape index (κ2) is 4.17. The number of carbonyl (C=O) groups is 2. The van der Waals surface area contributed by atoms with E-state index in [0.29, 0.717) is 22.0 Å². The molecule has 0 bridgehead atoms. The van der Waals surface area contributed by atoms with Crippen LogP contribution in [0.5, 0.6) is 0 Å². The second-order valence-corrected chi connectivity index (χ2v) is 5.20. The smallest absolute Gasteiger partial charge is 0.262 e. The number of hydrogen-bond acceptors (Lipinski definition) is 5. The maximum Gasteiger partial charge on any atom is 0.262 e. The van der Waals surface area contributed by atoms with E-state index in [1.54, 1.807) is 36.6 Å². The SMILES string of the molecule is C[C@H](c1csc(N)n1)N1C(=O)c2ccccc2C1=O. The van der Waals surface area contributed by atoms with E-state index in [2.05, 4.69) is 4.98 Å². The molecule has 0 spiro atoms. The minimum absolute atomic E-state index is 0.278. The molecule has 0 saturated carbocycles. The number of amides is 2. The molecular formula is C13H11N3O2S. The number of rotatable bonds is 2. The highest BCUT2D eigenvalue weighted by Gasteiger charge is 2.39. The average Bonchev–Trinajstić information content (AvgIpc) is 2.94. The van der Waals surface area contributed by atoms with E-state index in [1.165, 1.54) is 16.2 Å². The number of nitrogens with zero attached hydrogens (tertiary/aromatic N) is 2. The minimum atomic E-state index is -0.416. The van der Waals surface area contributed by atoms with Crippen molar-refractivity contribution >= 4 is 28.3 Å². The van der Waals surface area contributed by atoms with Crippen molar-refractivity contribution in [2.45, 2.75) is 13.0 Å². The lowest BCUT2D eigenvalue weighted by Crippen LogP contribution is -2.32. The second-order valence-electron chi connectivity index (χ2n) is 4.31. The summed E-state index contributed by atoms with van der Waals surface area (Å²) < 4.78 is 0. The minimum Gasteiger partial charge on any atom is -0.375 e. The number of hydrogen-bond donors (Lipinski definition) is 1. The fourth-order valence-electron chi connectivity index (χ4n) is 2.18. The maximum atomic E-state index is 12.3. The van der Waals surface area contributed by atoms with E-state index < -0.39 is 6.04 Å². The van der Waals surface area contributed by atoms with Gasteiger partial charge in [0, 0.05) is 5.38 Å². The van der Waals surface area contributed by atoms with Gasteiger partial charge in [0.15, 0.2) is 5.13 Å². The summed E-state index contributed by atoms with van der Waals surface area (Å²) >= 11 is 1.30.